The number of hydrogen-bond acceptors (Lipinski definition) is 5. The van der Waals surface area contributed by atoms with Gasteiger partial charge in [-0.1, -0.05) is 29.5 Å². The summed E-state index contributed by atoms with van der Waals surface area (Å²) in [6, 6.07) is 17.3. The highest BCUT2D eigenvalue weighted by atomic mass is 19.4. The van der Waals surface area contributed by atoms with Crippen LogP contribution in [-0.2, 0) is 10.9 Å². The van der Waals surface area contributed by atoms with Crippen molar-refractivity contribution in [1.82, 2.24) is 19.9 Å². The summed E-state index contributed by atoms with van der Waals surface area (Å²) in [7, 11) is 0. The molecule has 0 bridgehead atoms. The number of alkyl halides is 3. The van der Waals surface area contributed by atoms with Crippen molar-refractivity contribution in [3.05, 3.63) is 89.6 Å². The fourth-order valence-corrected chi connectivity index (χ4v) is 5.06. The molecule has 1 saturated heterocycles. The maximum Gasteiger partial charge on any atom is 0.416 e. The van der Waals surface area contributed by atoms with Gasteiger partial charge in [-0.05, 0) is 98.7 Å². The van der Waals surface area contributed by atoms with Crippen molar-refractivity contribution in [2.24, 2.45) is 0 Å². The van der Waals surface area contributed by atoms with Gasteiger partial charge >= 0.3 is 18.2 Å². The average molecular weight is 593 g/mol. The van der Waals surface area contributed by atoms with Gasteiger partial charge in [-0.2, -0.15) is 13.2 Å². The van der Waals surface area contributed by atoms with Gasteiger partial charge in [-0.25, -0.2) is 14.3 Å². The third kappa shape index (κ3) is 7.04. The third-order valence-electron chi connectivity index (χ3n) is 7.29. The van der Waals surface area contributed by atoms with Gasteiger partial charge in [-0.3, -0.25) is 0 Å². The number of carboxylic acid groups (broad SMARTS) is 1. The molecule has 43 heavy (non-hydrogen) atoms. The van der Waals surface area contributed by atoms with Crippen LogP contribution in [0, 0.1) is 0 Å². The van der Waals surface area contributed by atoms with E-state index >= 15 is 0 Å². The Hall–Kier alpha value is -4.67. The number of aromatic nitrogens is 3. The number of likely N-dealkylation sites (tertiary alicyclic amines) is 1. The van der Waals surface area contributed by atoms with Crippen molar-refractivity contribution in [3.8, 4) is 28.1 Å². The van der Waals surface area contributed by atoms with Gasteiger partial charge in [0.2, 0.25) is 0 Å². The molecule has 0 spiro atoms. The van der Waals surface area contributed by atoms with Crippen LogP contribution < -0.4 is 0 Å². The lowest BCUT2D eigenvalue weighted by Gasteiger charge is -2.33. The second-order valence-corrected chi connectivity index (χ2v) is 11.6. The van der Waals surface area contributed by atoms with Crippen LogP contribution >= 0.6 is 0 Å². The fraction of sp³-hybridized carbons (Fsp3) is 0.312. The zero-order valence-corrected chi connectivity index (χ0v) is 23.9. The highest BCUT2D eigenvalue weighted by Crippen LogP contribution is 2.33. The molecule has 1 amide bonds. The molecule has 224 valence electrons. The summed E-state index contributed by atoms with van der Waals surface area (Å²) in [6.07, 6.45) is -1.58. The van der Waals surface area contributed by atoms with E-state index in [0.29, 0.717) is 35.6 Å². The molecular weight excluding hydrogens is 561 g/mol. The van der Waals surface area contributed by atoms with Gasteiger partial charge in [-0.15, -0.1) is 5.10 Å². The van der Waals surface area contributed by atoms with Crippen LogP contribution in [0.3, 0.4) is 0 Å². The van der Waals surface area contributed by atoms with Crippen molar-refractivity contribution in [2.45, 2.75) is 51.3 Å². The summed E-state index contributed by atoms with van der Waals surface area (Å²) in [6.45, 7) is 6.76. The second kappa shape index (κ2) is 11.5. The van der Waals surface area contributed by atoms with Crippen LogP contribution in [0.15, 0.2) is 72.9 Å². The lowest BCUT2D eigenvalue weighted by Crippen LogP contribution is -2.41. The Morgan fingerprint density at radius 2 is 1.51 bits per heavy atom. The van der Waals surface area contributed by atoms with Gasteiger partial charge in [0.05, 0.1) is 23.0 Å². The number of piperidine rings is 1. The van der Waals surface area contributed by atoms with Crippen molar-refractivity contribution in [3.63, 3.8) is 0 Å². The summed E-state index contributed by atoms with van der Waals surface area (Å²) in [5, 5.41) is 17.9. The molecule has 1 aliphatic rings. The fourth-order valence-electron chi connectivity index (χ4n) is 5.06. The molecule has 0 aliphatic carbocycles. The van der Waals surface area contributed by atoms with Crippen LogP contribution in [0.5, 0.6) is 0 Å². The third-order valence-corrected chi connectivity index (χ3v) is 7.29. The van der Waals surface area contributed by atoms with Gasteiger partial charge in [0.15, 0.2) is 0 Å². The van der Waals surface area contributed by atoms with E-state index in [4.69, 9.17) is 4.74 Å². The molecule has 8 nitrogen and oxygen atoms in total. The van der Waals surface area contributed by atoms with Crippen molar-refractivity contribution in [1.29, 1.82) is 0 Å². The first-order chi connectivity index (χ1) is 20.3. The van der Waals surface area contributed by atoms with Crippen molar-refractivity contribution in [2.75, 3.05) is 13.1 Å². The molecule has 1 N–H and O–H groups in total. The van der Waals surface area contributed by atoms with Crippen molar-refractivity contribution < 1.29 is 32.6 Å². The minimum atomic E-state index is -4.45. The smallest absolute Gasteiger partial charge is 0.416 e. The number of carbonyl (C=O) groups excluding carboxylic acids is 1. The molecule has 3 aromatic carbocycles. The number of hydrogen-bond donors (Lipinski definition) is 1. The number of rotatable bonds is 5. The number of halogens is 3. The van der Waals surface area contributed by atoms with E-state index in [1.54, 1.807) is 17.2 Å². The second-order valence-electron chi connectivity index (χ2n) is 11.6. The monoisotopic (exact) mass is 592 g/mol. The highest BCUT2D eigenvalue weighted by Gasteiger charge is 2.30. The molecule has 11 heteroatoms. The Morgan fingerprint density at radius 1 is 0.884 bits per heavy atom. The summed E-state index contributed by atoms with van der Waals surface area (Å²) in [5.41, 5.74) is 2.65. The Kier molecular flexibility index (Phi) is 8.00. The zero-order chi connectivity index (χ0) is 30.9. The summed E-state index contributed by atoms with van der Waals surface area (Å²) in [4.78, 5) is 26.1. The van der Waals surface area contributed by atoms with E-state index in [2.05, 4.69) is 10.3 Å². The first-order valence-corrected chi connectivity index (χ1v) is 13.8. The standard InChI is InChI=1S/C32H31F3N4O4/c1-31(2,3)43-30(42)38-14-12-22(13-15-38)20-4-6-21(7-5-20)23-16-24(18-25(17-23)29(40)41)28-19-39(37-36-28)27-10-8-26(9-11-27)32(33,34)35/h4-11,16-19,22H,12-15H2,1-3H3,(H,40,41). The normalized spacial score (nSPS) is 14.5. The van der Waals surface area contributed by atoms with Gasteiger partial charge < -0.3 is 14.7 Å². The Balaban J connectivity index is 1.33. The maximum absolute atomic E-state index is 12.9. The van der Waals surface area contributed by atoms with Crippen LogP contribution in [0.2, 0.25) is 0 Å². The number of aromatic carboxylic acids is 1. The molecule has 1 aromatic heterocycles. The lowest BCUT2D eigenvalue weighted by molar-refractivity contribution is -0.137. The zero-order valence-electron chi connectivity index (χ0n) is 23.9. The molecular formula is C32H31F3N4O4. The van der Waals surface area contributed by atoms with Gasteiger partial charge in [0.25, 0.3) is 0 Å². The van der Waals surface area contributed by atoms with E-state index in [1.165, 1.54) is 22.9 Å². The lowest BCUT2D eigenvalue weighted by atomic mass is 9.88. The Morgan fingerprint density at radius 3 is 2.09 bits per heavy atom. The van der Waals surface area contributed by atoms with Gasteiger partial charge in [0.1, 0.15) is 11.3 Å². The summed E-state index contributed by atoms with van der Waals surface area (Å²) >= 11 is 0. The minimum Gasteiger partial charge on any atom is -0.478 e. The number of nitrogens with zero attached hydrogens (tertiary/aromatic N) is 4. The minimum absolute atomic E-state index is 0.0650. The van der Waals surface area contributed by atoms with Gasteiger partial charge in [0, 0.05) is 18.7 Å². The summed E-state index contributed by atoms with van der Waals surface area (Å²) in [5.74, 6) is -0.819. The number of benzene rings is 3. The average Bonchev–Trinajstić information content (AvgIpc) is 3.46. The molecule has 0 radical (unpaired) electrons. The molecule has 0 saturated carbocycles. The molecule has 0 atom stereocenters. The first-order valence-electron chi connectivity index (χ1n) is 13.8. The number of carboxylic acids is 1. The van der Waals surface area contributed by atoms with Crippen LogP contribution in [0.25, 0.3) is 28.1 Å². The quantitative estimate of drug-likeness (QED) is 0.259. The highest BCUT2D eigenvalue weighted by molar-refractivity contribution is 5.91. The number of amides is 1. The van der Waals surface area contributed by atoms with E-state index in [0.717, 1.165) is 36.1 Å². The van der Waals surface area contributed by atoms with E-state index in [9.17, 15) is 27.9 Å². The van der Waals surface area contributed by atoms with Crippen LogP contribution in [0.4, 0.5) is 18.0 Å². The molecule has 4 aromatic rings. The van der Waals surface area contributed by atoms with Crippen LogP contribution in [0.1, 0.15) is 61.0 Å². The SMILES string of the molecule is CC(C)(C)OC(=O)N1CCC(c2ccc(-c3cc(C(=O)O)cc(-c4cn(-c5ccc(C(F)(F)F)cc5)nn4)c3)cc2)CC1. The van der Waals surface area contributed by atoms with E-state index in [1.807, 2.05) is 51.1 Å². The maximum atomic E-state index is 12.9. The largest absolute Gasteiger partial charge is 0.478 e. The number of carbonyl (C=O) groups is 2. The molecule has 2 heterocycles. The number of ether oxygens (including phenoxy) is 1. The predicted octanol–water partition coefficient (Wildman–Crippen LogP) is 7.43. The first kappa shape index (κ1) is 29.8. The topological polar surface area (TPSA) is 97.6 Å². The molecule has 1 fully saturated rings. The Labute approximate surface area is 246 Å². The molecule has 1 aliphatic heterocycles. The molecule has 5 rings (SSSR count). The van der Waals surface area contributed by atoms with Crippen LogP contribution in [-0.4, -0.2) is 55.8 Å². The van der Waals surface area contributed by atoms with E-state index in [-0.39, 0.29) is 17.6 Å². The van der Waals surface area contributed by atoms with E-state index < -0.39 is 23.3 Å². The predicted molar refractivity (Wildman–Crippen MR) is 154 cm³/mol. The van der Waals surface area contributed by atoms with Crippen molar-refractivity contribution >= 4 is 12.1 Å². The summed E-state index contributed by atoms with van der Waals surface area (Å²) < 4.78 is 45.6. The Bertz CT molecular complexity index is 1620. The molecule has 0 unspecified atom stereocenters.